The van der Waals surface area contributed by atoms with Crippen LogP contribution in [0.25, 0.3) is 0 Å². The van der Waals surface area contributed by atoms with Gasteiger partial charge >= 0.3 is 0 Å². The first-order chi connectivity index (χ1) is 5.74. The normalized spacial score (nSPS) is 24.5. The van der Waals surface area contributed by atoms with E-state index in [0.717, 1.165) is 6.04 Å². The van der Waals surface area contributed by atoms with E-state index < -0.39 is 0 Å². The van der Waals surface area contributed by atoms with Crippen molar-refractivity contribution in [2.24, 2.45) is 0 Å². The van der Waals surface area contributed by atoms with Gasteiger partial charge in [0.05, 0.1) is 0 Å². The smallest absolute Gasteiger partial charge is 0.0117 e. The Balaban J connectivity index is 2.00. The van der Waals surface area contributed by atoms with Crippen LogP contribution < -0.4 is 0 Å². The molecule has 0 N–H and O–H groups in total. The zero-order valence-electron chi connectivity index (χ0n) is 8.71. The van der Waals surface area contributed by atoms with Gasteiger partial charge in [0.1, 0.15) is 0 Å². The second kappa shape index (κ2) is 4.83. The molecule has 2 heteroatoms. The highest BCUT2D eigenvalue weighted by atomic mass is 15.2. The minimum absolute atomic E-state index is 0.879. The number of hydrogen-bond donors (Lipinski definition) is 0. The van der Waals surface area contributed by atoms with Crippen LogP contribution in [0.3, 0.4) is 0 Å². The van der Waals surface area contributed by atoms with E-state index in [0.29, 0.717) is 0 Å². The van der Waals surface area contributed by atoms with Crippen molar-refractivity contribution in [1.82, 2.24) is 9.80 Å². The van der Waals surface area contributed by atoms with Crippen molar-refractivity contribution in [2.45, 2.75) is 32.2 Å². The Kier molecular flexibility index (Phi) is 4.02. The molecule has 0 spiro atoms. The predicted molar refractivity (Wildman–Crippen MR) is 53.4 cm³/mol. The third-order valence-corrected chi connectivity index (χ3v) is 2.89. The van der Waals surface area contributed by atoms with Gasteiger partial charge in [-0.2, -0.15) is 0 Å². The summed E-state index contributed by atoms with van der Waals surface area (Å²) in [7, 11) is 4.45. The molecular formula is C10H22N2. The van der Waals surface area contributed by atoms with E-state index in [9.17, 15) is 0 Å². The molecule has 0 aliphatic carbocycles. The minimum Gasteiger partial charge on any atom is -0.306 e. The van der Waals surface area contributed by atoms with Crippen molar-refractivity contribution in [1.29, 1.82) is 0 Å². The molecular weight excluding hydrogens is 148 g/mol. The third kappa shape index (κ3) is 2.76. The summed E-state index contributed by atoms with van der Waals surface area (Å²) in [6, 6.07) is 0.879. The molecule has 1 aliphatic rings. The summed E-state index contributed by atoms with van der Waals surface area (Å²) in [5.41, 5.74) is 0. The standard InChI is InChI=1S/C10H22N2/c1-4-7-11(2)8-5-10-6-9-12(10)3/h10H,4-9H2,1-3H3. The third-order valence-electron chi connectivity index (χ3n) is 2.89. The van der Waals surface area contributed by atoms with Crippen molar-refractivity contribution in [3.05, 3.63) is 0 Å². The second-order valence-electron chi connectivity index (χ2n) is 4.02. The van der Waals surface area contributed by atoms with Gasteiger partial charge in [-0.25, -0.2) is 0 Å². The maximum atomic E-state index is 2.46. The van der Waals surface area contributed by atoms with Crippen LogP contribution in [-0.2, 0) is 0 Å². The van der Waals surface area contributed by atoms with E-state index in [2.05, 4.69) is 30.8 Å². The van der Waals surface area contributed by atoms with Gasteiger partial charge in [0.25, 0.3) is 0 Å². The molecule has 12 heavy (non-hydrogen) atoms. The zero-order chi connectivity index (χ0) is 8.97. The van der Waals surface area contributed by atoms with Gasteiger partial charge in [0.15, 0.2) is 0 Å². The van der Waals surface area contributed by atoms with Gasteiger partial charge < -0.3 is 9.80 Å². The summed E-state index contributed by atoms with van der Waals surface area (Å²) in [6.07, 6.45) is 4.04. The molecule has 1 heterocycles. The van der Waals surface area contributed by atoms with Crippen LogP contribution in [0.15, 0.2) is 0 Å². The molecule has 1 atom stereocenters. The summed E-state index contributed by atoms with van der Waals surface area (Å²) >= 11 is 0. The molecule has 1 fully saturated rings. The second-order valence-corrected chi connectivity index (χ2v) is 4.02. The monoisotopic (exact) mass is 170 g/mol. The fourth-order valence-electron chi connectivity index (χ4n) is 1.80. The van der Waals surface area contributed by atoms with Gasteiger partial charge in [-0.3, -0.25) is 0 Å². The molecule has 0 amide bonds. The summed E-state index contributed by atoms with van der Waals surface area (Å²) < 4.78 is 0. The van der Waals surface area contributed by atoms with Gasteiger partial charge in [0.2, 0.25) is 0 Å². The van der Waals surface area contributed by atoms with E-state index in [1.54, 1.807) is 0 Å². The van der Waals surface area contributed by atoms with Crippen molar-refractivity contribution in [3.63, 3.8) is 0 Å². The number of hydrogen-bond acceptors (Lipinski definition) is 2. The molecule has 0 radical (unpaired) electrons. The fourth-order valence-corrected chi connectivity index (χ4v) is 1.80. The highest BCUT2D eigenvalue weighted by Crippen LogP contribution is 2.17. The van der Waals surface area contributed by atoms with Crippen molar-refractivity contribution < 1.29 is 0 Å². The van der Waals surface area contributed by atoms with Crippen LogP contribution in [0.4, 0.5) is 0 Å². The van der Waals surface area contributed by atoms with E-state index in [-0.39, 0.29) is 0 Å². The van der Waals surface area contributed by atoms with Gasteiger partial charge in [-0.15, -0.1) is 0 Å². The topological polar surface area (TPSA) is 6.48 Å². The lowest BCUT2D eigenvalue weighted by atomic mass is 10.0. The maximum absolute atomic E-state index is 2.46. The average molecular weight is 170 g/mol. The summed E-state index contributed by atoms with van der Waals surface area (Å²) in [6.45, 7) is 6.06. The molecule has 0 aromatic carbocycles. The van der Waals surface area contributed by atoms with Crippen LogP contribution in [-0.4, -0.2) is 49.6 Å². The quantitative estimate of drug-likeness (QED) is 0.616. The van der Waals surface area contributed by atoms with Gasteiger partial charge in [-0.1, -0.05) is 6.92 Å². The fraction of sp³-hybridized carbons (Fsp3) is 1.00. The molecule has 1 rings (SSSR count). The van der Waals surface area contributed by atoms with Crippen LogP contribution in [0.1, 0.15) is 26.2 Å². The van der Waals surface area contributed by atoms with Crippen LogP contribution >= 0.6 is 0 Å². The lowest BCUT2D eigenvalue weighted by Crippen LogP contribution is -2.46. The van der Waals surface area contributed by atoms with Crippen LogP contribution in [0.5, 0.6) is 0 Å². The van der Waals surface area contributed by atoms with Crippen LogP contribution in [0.2, 0.25) is 0 Å². The van der Waals surface area contributed by atoms with Gasteiger partial charge in [-0.05, 0) is 53.0 Å². The molecule has 2 nitrogen and oxygen atoms in total. The van der Waals surface area contributed by atoms with Crippen molar-refractivity contribution in [2.75, 3.05) is 33.7 Å². The summed E-state index contributed by atoms with van der Waals surface area (Å²) in [5.74, 6) is 0. The summed E-state index contributed by atoms with van der Waals surface area (Å²) in [4.78, 5) is 4.89. The van der Waals surface area contributed by atoms with Crippen molar-refractivity contribution in [3.8, 4) is 0 Å². The highest BCUT2D eigenvalue weighted by molar-refractivity contribution is 4.80. The largest absolute Gasteiger partial charge is 0.306 e. The van der Waals surface area contributed by atoms with E-state index in [4.69, 9.17) is 0 Å². The zero-order valence-corrected chi connectivity index (χ0v) is 8.71. The SMILES string of the molecule is CCCN(C)CCC1CCN1C. The Morgan fingerprint density at radius 1 is 1.42 bits per heavy atom. The number of likely N-dealkylation sites (tertiary alicyclic amines) is 1. The molecule has 0 aromatic rings. The summed E-state index contributed by atoms with van der Waals surface area (Å²) in [5, 5.41) is 0. The average Bonchev–Trinajstić information content (AvgIpc) is 2.03. The molecule has 1 saturated heterocycles. The number of nitrogens with zero attached hydrogens (tertiary/aromatic N) is 2. The Bertz CT molecular complexity index is 125. The van der Waals surface area contributed by atoms with Gasteiger partial charge in [0, 0.05) is 6.04 Å². The molecule has 0 aromatic heterocycles. The Hall–Kier alpha value is -0.0800. The molecule has 1 unspecified atom stereocenters. The highest BCUT2D eigenvalue weighted by Gasteiger charge is 2.23. The van der Waals surface area contributed by atoms with E-state index >= 15 is 0 Å². The molecule has 0 bridgehead atoms. The first kappa shape index (κ1) is 10.0. The van der Waals surface area contributed by atoms with Crippen molar-refractivity contribution >= 4 is 0 Å². The Labute approximate surface area is 76.5 Å². The number of rotatable bonds is 5. The molecule has 72 valence electrons. The Morgan fingerprint density at radius 3 is 2.58 bits per heavy atom. The van der Waals surface area contributed by atoms with E-state index in [1.807, 2.05) is 0 Å². The molecule has 0 saturated carbocycles. The maximum Gasteiger partial charge on any atom is 0.0117 e. The van der Waals surface area contributed by atoms with E-state index in [1.165, 1.54) is 38.9 Å². The van der Waals surface area contributed by atoms with Crippen LogP contribution in [0, 0.1) is 0 Å². The first-order valence-corrected chi connectivity index (χ1v) is 5.12. The first-order valence-electron chi connectivity index (χ1n) is 5.12. The molecule has 1 aliphatic heterocycles. The lowest BCUT2D eigenvalue weighted by molar-refractivity contribution is 0.107. The Morgan fingerprint density at radius 2 is 2.17 bits per heavy atom. The minimum atomic E-state index is 0.879. The lowest BCUT2D eigenvalue weighted by Gasteiger charge is -2.38. The predicted octanol–water partition coefficient (Wildman–Crippen LogP) is 1.42.